The molecule has 1 aromatic rings. The third-order valence-electron chi connectivity index (χ3n) is 8.67. The second kappa shape index (κ2) is 10.2. The molecule has 0 amide bonds. The fraction of sp³-hybridized carbons (Fsp3) is 0.704. The Balaban J connectivity index is 1.28. The molecule has 0 aromatic heterocycles. The van der Waals surface area contributed by atoms with Crippen molar-refractivity contribution in [3.63, 3.8) is 0 Å². The second-order valence-electron chi connectivity index (χ2n) is 10.3. The minimum Gasteiger partial charge on any atom is -0.205 e. The maximum Gasteiger partial charge on any atom is 0.145 e. The maximum absolute atomic E-state index is 13.9. The molecule has 0 N–H and O–H groups in total. The van der Waals surface area contributed by atoms with Gasteiger partial charge in [0.25, 0.3) is 0 Å². The van der Waals surface area contributed by atoms with Crippen molar-refractivity contribution in [2.24, 2.45) is 29.6 Å². The molecule has 0 radical (unpaired) electrons. The molecule has 3 aliphatic rings. The van der Waals surface area contributed by atoms with Crippen molar-refractivity contribution >= 4 is 11.6 Å². The van der Waals surface area contributed by atoms with Crippen molar-refractivity contribution in [3.8, 4) is 0 Å². The first-order valence-corrected chi connectivity index (χ1v) is 12.7. The molecule has 3 fully saturated rings. The topological polar surface area (TPSA) is 0 Å². The smallest absolute Gasteiger partial charge is 0.145 e. The molecular weight excluding hydrogens is 398 g/mol. The summed E-state index contributed by atoms with van der Waals surface area (Å²) < 4.78 is 27.8. The van der Waals surface area contributed by atoms with Crippen LogP contribution in [0.2, 0.25) is 5.02 Å². The molecule has 3 heteroatoms. The van der Waals surface area contributed by atoms with Gasteiger partial charge in [0.2, 0.25) is 0 Å². The average Bonchev–Trinajstić information content (AvgIpc) is 2.77. The van der Waals surface area contributed by atoms with E-state index < -0.39 is 11.6 Å². The van der Waals surface area contributed by atoms with Crippen LogP contribution in [0.1, 0.15) is 95.5 Å². The second-order valence-corrected chi connectivity index (χ2v) is 10.7. The Morgan fingerprint density at radius 2 is 1.40 bits per heavy atom. The Kier molecular flexibility index (Phi) is 7.55. The van der Waals surface area contributed by atoms with Gasteiger partial charge < -0.3 is 0 Å². The average molecular weight is 435 g/mol. The van der Waals surface area contributed by atoms with E-state index in [9.17, 15) is 8.78 Å². The lowest BCUT2D eigenvalue weighted by molar-refractivity contribution is 0.0712. The van der Waals surface area contributed by atoms with Gasteiger partial charge in [0.05, 0.1) is 0 Å². The number of halogens is 3. The number of benzene rings is 1. The highest BCUT2D eigenvalue weighted by Gasteiger charge is 2.39. The lowest BCUT2D eigenvalue weighted by Crippen LogP contribution is -2.34. The summed E-state index contributed by atoms with van der Waals surface area (Å²) in [5.41, 5.74) is 0.811. The van der Waals surface area contributed by atoms with E-state index in [2.05, 4.69) is 19.1 Å². The van der Waals surface area contributed by atoms with Gasteiger partial charge >= 0.3 is 0 Å². The quantitative estimate of drug-likeness (QED) is 0.320. The zero-order valence-corrected chi connectivity index (χ0v) is 19.1. The first-order chi connectivity index (χ1) is 14.5. The fourth-order valence-corrected chi connectivity index (χ4v) is 7.02. The Morgan fingerprint density at radius 1 is 0.833 bits per heavy atom. The lowest BCUT2D eigenvalue weighted by atomic mass is 9.60. The first kappa shape index (κ1) is 22.3. The summed E-state index contributed by atoms with van der Waals surface area (Å²) in [7, 11) is 0. The van der Waals surface area contributed by atoms with Gasteiger partial charge in [-0.3, -0.25) is 0 Å². The van der Waals surface area contributed by atoms with Crippen molar-refractivity contribution in [3.05, 3.63) is 46.5 Å². The molecule has 4 unspecified atom stereocenters. The Morgan fingerprint density at radius 3 is 2.07 bits per heavy atom. The van der Waals surface area contributed by atoms with E-state index in [1.165, 1.54) is 76.3 Å². The third kappa shape index (κ3) is 5.12. The number of rotatable bonds is 5. The third-order valence-corrected chi connectivity index (χ3v) is 9.03. The van der Waals surface area contributed by atoms with E-state index in [1.807, 2.05) is 0 Å². The molecule has 3 saturated carbocycles. The van der Waals surface area contributed by atoms with E-state index in [0.29, 0.717) is 0 Å². The molecule has 0 saturated heterocycles. The maximum atomic E-state index is 13.9. The van der Waals surface area contributed by atoms with Gasteiger partial charge in [-0.1, -0.05) is 36.6 Å². The first-order valence-electron chi connectivity index (χ1n) is 12.3. The minimum absolute atomic E-state index is 0.289. The van der Waals surface area contributed by atoms with Crippen LogP contribution < -0.4 is 0 Å². The summed E-state index contributed by atoms with van der Waals surface area (Å²) in [6.45, 7) is 2.12. The van der Waals surface area contributed by atoms with Crippen molar-refractivity contribution in [2.75, 3.05) is 0 Å². The summed E-state index contributed by atoms with van der Waals surface area (Å²) in [6.07, 6.45) is 20.3. The van der Waals surface area contributed by atoms with Gasteiger partial charge in [-0.05, 0) is 124 Å². The van der Waals surface area contributed by atoms with E-state index >= 15 is 0 Å². The summed E-state index contributed by atoms with van der Waals surface area (Å²) in [5.74, 6) is 3.44. The van der Waals surface area contributed by atoms with Gasteiger partial charge in [-0.15, -0.1) is 0 Å². The predicted molar refractivity (Wildman–Crippen MR) is 122 cm³/mol. The van der Waals surface area contributed by atoms with Crippen LogP contribution in [-0.2, 0) is 0 Å². The zero-order valence-electron chi connectivity index (χ0n) is 18.4. The fourth-order valence-electron chi connectivity index (χ4n) is 6.91. The molecule has 30 heavy (non-hydrogen) atoms. The summed E-state index contributed by atoms with van der Waals surface area (Å²) >= 11 is 5.68. The monoisotopic (exact) mass is 434 g/mol. The zero-order chi connectivity index (χ0) is 21.1. The van der Waals surface area contributed by atoms with Gasteiger partial charge in [0, 0.05) is 0 Å². The van der Waals surface area contributed by atoms with Crippen molar-refractivity contribution < 1.29 is 8.78 Å². The molecule has 0 nitrogen and oxygen atoms in total. The normalized spacial score (nSPS) is 34.8. The highest BCUT2D eigenvalue weighted by Crippen LogP contribution is 2.51. The summed E-state index contributed by atoms with van der Waals surface area (Å²) in [4.78, 5) is 0. The Hall–Kier alpha value is -0.890. The molecule has 4 atom stereocenters. The number of hydrogen-bond acceptors (Lipinski definition) is 0. The number of fused-ring (bicyclic) bond motifs is 1. The lowest BCUT2D eigenvalue weighted by Gasteiger charge is -2.45. The van der Waals surface area contributed by atoms with Crippen molar-refractivity contribution in [2.45, 2.75) is 89.9 Å². The van der Waals surface area contributed by atoms with Crippen LogP contribution in [0.15, 0.2) is 24.3 Å². The molecule has 0 heterocycles. The Labute approximate surface area is 186 Å². The molecule has 1 aromatic carbocycles. The minimum atomic E-state index is -0.612. The van der Waals surface area contributed by atoms with E-state index in [1.54, 1.807) is 0 Å². The Bertz CT molecular complexity index is 711. The van der Waals surface area contributed by atoms with Crippen molar-refractivity contribution in [1.82, 2.24) is 0 Å². The van der Waals surface area contributed by atoms with Crippen LogP contribution >= 0.6 is 11.6 Å². The highest BCUT2D eigenvalue weighted by atomic mass is 35.5. The summed E-state index contributed by atoms with van der Waals surface area (Å²) in [5, 5.41) is -0.371. The van der Waals surface area contributed by atoms with E-state index in [-0.39, 0.29) is 10.9 Å². The van der Waals surface area contributed by atoms with Gasteiger partial charge in [-0.2, -0.15) is 0 Å². The molecule has 3 aliphatic carbocycles. The highest BCUT2D eigenvalue weighted by molar-refractivity contribution is 6.30. The molecule has 0 spiro atoms. The molecule has 166 valence electrons. The van der Waals surface area contributed by atoms with Crippen LogP contribution in [0.4, 0.5) is 8.78 Å². The van der Waals surface area contributed by atoms with Crippen molar-refractivity contribution in [1.29, 1.82) is 0 Å². The largest absolute Gasteiger partial charge is 0.205 e. The van der Waals surface area contributed by atoms with E-state index in [0.717, 1.165) is 48.0 Å². The molecular formula is C27H37ClF2. The predicted octanol–water partition coefficient (Wildman–Crippen LogP) is 9.08. The molecule has 0 aliphatic heterocycles. The standard InChI is InChI=1S/C27H37ClF2/c1-2-3-4-5-18-6-8-19(9-7-18)20-10-11-22-15-23(13-12-21(22)14-20)24-16-25(29)27(28)26(30)17-24/h2-3,16-23H,4-15H2,1H3/b3-2+. The number of hydrogen-bond donors (Lipinski definition) is 0. The molecule has 4 rings (SSSR count). The van der Waals surface area contributed by atoms with Gasteiger partial charge in [0.15, 0.2) is 0 Å². The summed E-state index contributed by atoms with van der Waals surface area (Å²) in [6, 6.07) is 2.94. The van der Waals surface area contributed by atoms with E-state index in [4.69, 9.17) is 11.6 Å². The van der Waals surface area contributed by atoms with Gasteiger partial charge in [0.1, 0.15) is 16.7 Å². The van der Waals surface area contributed by atoms with Crippen LogP contribution in [0, 0.1) is 41.2 Å². The SMILES string of the molecule is C/C=C/CCC1CCC(C2CCC3CC(c4cc(F)c(Cl)c(F)c4)CCC3C2)CC1. The number of allylic oxidation sites excluding steroid dienone is 2. The molecule has 0 bridgehead atoms. The van der Waals surface area contributed by atoms with Crippen LogP contribution in [-0.4, -0.2) is 0 Å². The van der Waals surface area contributed by atoms with Crippen LogP contribution in [0.3, 0.4) is 0 Å². The van der Waals surface area contributed by atoms with Crippen LogP contribution in [0.25, 0.3) is 0 Å². The van der Waals surface area contributed by atoms with Crippen LogP contribution in [0.5, 0.6) is 0 Å². The van der Waals surface area contributed by atoms with Gasteiger partial charge in [-0.25, -0.2) is 8.78 Å².